The van der Waals surface area contributed by atoms with Gasteiger partial charge in [0.15, 0.2) is 6.61 Å². The first-order chi connectivity index (χ1) is 13.6. The van der Waals surface area contributed by atoms with Gasteiger partial charge in [-0.3, -0.25) is 4.89 Å². The largest absolute Gasteiger partial charge is 0.378 e. The SMILES string of the molecule is C=C[Si](C=C)(CC)c1ccc(C(=O)OO[CH]COCC(CC)CCCC)cc1. The van der Waals surface area contributed by atoms with Crippen LogP contribution in [0.5, 0.6) is 0 Å². The number of benzene rings is 1. The second-order valence-electron chi connectivity index (χ2n) is 6.97. The van der Waals surface area contributed by atoms with Gasteiger partial charge in [-0.2, -0.15) is 4.89 Å². The molecule has 1 aromatic rings. The highest BCUT2D eigenvalue weighted by atomic mass is 28.3. The van der Waals surface area contributed by atoms with E-state index in [1.807, 2.05) is 23.5 Å². The number of ether oxygens (including phenoxy) is 1. The summed E-state index contributed by atoms with van der Waals surface area (Å²) in [5, 5.41) is 1.17. The third kappa shape index (κ3) is 7.38. The molecule has 1 aromatic carbocycles. The van der Waals surface area contributed by atoms with Crippen LogP contribution in [0, 0.1) is 12.5 Å². The smallest absolute Gasteiger partial charge is 0.373 e. The minimum absolute atomic E-state index is 0.290. The zero-order valence-corrected chi connectivity index (χ0v) is 18.6. The summed E-state index contributed by atoms with van der Waals surface area (Å²) >= 11 is 0. The van der Waals surface area contributed by atoms with Gasteiger partial charge >= 0.3 is 5.97 Å². The van der Waals surface area contributed by atoms with Crippen molar-refractivity contribution in [2.45, 2.75) is 52.5 Å². The van der Waals surface area contributed by atoms with E-state index in [-0.39, 0.29) is 6.61 Å². The Balaban J connectivity index is 2.38. The first kappa shape index (κ1) is 24.3. The van der Waals surface area contributed by atoms with Gasteiger partial charge in [0.2, 0.25) is 0 Å². The van der Waals surface area contributed by atoms with Crippen LogP contribution in [0.1, 0.15) is 56.8 Å². The molecular formula is C23H35O4Si. The number of unbranched alkanes of at least 4 members (excludes halogenated alkanes) is 1. The fourth-order valence-electron chi connectivity index (χ4n) is 3.06. The first-order valence-corrected chi connectivity index (χ1v) is 12.6. The van der Waals surface area contributed by atoms with Crippen LogP contribution in [-0.2, 0) is 14.5 Å². The molecule has 0 amide bonds. The van der Waals surface area contributed by atoms with E-state index in [0.717, 1.165) is 12.5 Å². The van der Waals surface area contributed by atoms with Crippen LogP contribution >= 0.6 is 0 Å². The fourth-order valence-corrected chi connectivity index (χ4v) is 5.47. The van der Waals surface area contributed by atoms with Gasteiger partial charge in [0, 0.05) is 6.61 Å². The van der Waals surface area contributed by atoms with Crippen LogP contribution in [0.2, 0.25) is 6.04 Å². The van der Waals surface area contributed by atoms with Gasteiger partial charge in [-0.15, -0.1) is 13.2 Å². The summed E-state index contributed by atoms with van der Waals surface area (Å²) in [7, 11) is -1.89. The van der Waals surface area contributed by atoms with Crippen LogP contribution in [-0.4, -0.2) is 27.3 Å². The van der Waals surface area contributed by atoms with E-state index in [1.54, 1.807) is 12.1 Å². The van der Waals surface area contributed by atoms with Gasteiger partial charge in [-0.25, -0.2) is 4.79 Å². The lowest BCUT2D eigenvalue weighted by atomic mass is 10.0. The van der Waals surface area contributed by atoms with Gasteiger partial charge in [-0.05, 0) is 30.5 Å². The van der Waals surface area contributed by atoms with Crippen LogP contribution in [0.15, 0.2) is 48.8 Å². The second kappa shape index (κ2) is 13.5. The van der Waals surface area contributed by atoms with Crippen molar-refractivity contribution in [3.8, 4) is 0 Å². The maximum atomic E-state index is 12.1. The Morgan fingerprint density at radius 2 is 1.82 bits per heavy atom. The zero-order valence-electron chi connectivity index (χ0n) is 17.6. The molecule has 0 aliphatic rings. The van der Waals surface area contributed by atoms with Gasteiger partial charge in [0.25, 0.3) is 0 Å². The van der Waals surface area contributed by atoms with E-state index in [2.05, 4.69) is 33.9 Å². The molecule has 5 heteroatoms. The average molecular weight is 404 g/mol. The summed E-state index contributed by atoms with van der Waals surface area (Å²) in [4.78, 5) is 21.8. The number of hydrogen-bond donors (Lipinski definition) is 0. The van der Waals surface area contributed by atoms with Crippen molar-refractivity contribution in [1.29, 1.82) is 0 Å². The Morgan fingerprint density at radius 3 is 2.36 bits per heavy atom. The number of hydrogen-bond acceptors (Lipinski definition) is 4. The summed E-state index contributed by atoms with van der Waals surface area (Å²) in [6.07, 6.45) is 4.70. The third-order valence-electron chi connectivity index (χ3n) is 5.25. The molecule has 1 rings (SSSR count). The Labute approximate surface area is 171 Å². The normalized spacial score (nSPS) is 12.4. The van der Waals surface area contributed by atoms with Crippen molar-refractivity contribution in [2.75, 3.05) is 13.2 Å². The highest BCUT2D eigenvalue weighted by molar-refractivity contribution is 6.99. The Hall–Kier alpha value is -1.69. The van der Waals surface area contributed by atoms with E-state index in [0.29, 0.717) is 18.1 Å². The molecule has 0 spiro atoms. The molecule has 0 fully saturated rings. The quantitative estimate of drug-likeness (QED) is 0.173. The van der Waals surface area contributed by atoms with E-state index in [9.17, 15) is 4.79 Å². The second-order valence-corrected chi connectivity index (χ2v) is 11.1. The predicted molar refractivity (Wildman–Crippen MR) is 118 cm³/mol. The molecular weight excluding hydrogens is 368 g/mol. The lowest BCUT2D eigenvalue weighted by Gasteiger charge is -2.23. The molecule has 0 N–H and O–H groups in total. The molecule has 155 valence electrons. The topological polar surface area (TPSA) is 44.8 Å². The summed E-state index contributed by atoms with van der Waals surface area (Å²) in [6.45, 7) is 16.8. The maximum absolute atomic E-state index is 12.1. The monoisotopic (exact) mass is 403 g/mol. The van der Waals surface area contributed by atoms with Crippen molar-refractivity contribution in [2.24, 2.45) is 5.92 Å². The van der Waals surface area contributed by atoms with E-state index in [1.165, 1.54) is 31.1 Å². The molecule has 1 unspecified atom stereocenters. The van der Waals surface area contributed by atoms with E-state index in [4.69, 9.17) is 14.5 Å². The van der Waals surface area contributed by atoms with Crippen molar-refractivity contribution in [1.82, 2.24) is 0 Å². The minimum Gasteiger partial charge on any atom is -0.378 e. The molecule has 0 bridgehead atoms. The average Bonchev–Trinajstić information content (AvgIpc) is 2.74. The lowest BCUT2D eigenvalue weighted by molar-refractivity contribution is -0.218. The molecule has 0 saturated heterocycles. The van der Waals surface area contributed by atoms with Gasteiger partial charge in [0.05, 0.1) is 12.2 Å². The van der Waals surface area contributed by atoms with Gasteiger partial charge in [0.1, 0.15) is 8.07 Å². The van der Waals surface area contributed by atoms with Gasteiger partial charge < -0.3 is 4.74 Å². The van der Waals surface area contributed by atoms with Crippen LogP contribution in [0.3, 0.4) is 0 Å². The number of carbonyl (C=O) groups is 1. The molecule has 1 atom stereocenters. The molecule has 0 aromatic heterocycles. The van der Waals surface area contributed by atoms with Crippen molar-refractivity contribution in [3.63, 3.8) is 0 Å². The molecule has 1 radical (unpaired) electrons. The minimum atomic E-state index is -1.89. The van der Waals surface area contributed by atoms with E-state index < -0.39 is 14.0 Å². The fraction of sp³-hybridized carbons (Fsp3) is 0.478. The van der Waals surface area contributed by atoms with Crippen LogP contribution < -0.4 is 5.19 Å². The predicted octanol–water partition coefficient (Wildman–Crippen LogP) is 5.30. The first-order valence-electron chi connectivity index (χ1n) is 10.2. The summed E-state index contributed by atoms with van der Waals surface area (Å²) in [5.41, 5.74) is 4.46. The molecule has 0 saturated carbocycles. The molecule has 0 aliphatic heterocycles. The number of carbonyl (C=O) groups excluding carboxylic acids is 1. The summed E-state index contributed by atoms with van der Waals surface area (Å²) < 4.78 is 5.58. The molecule has 0 heterocycles. The standard InChI is InChI=1S/C23H35O4Si/c1-6-11-12-20(7-2)19-25-17-18-26-27-23(24)21-13-15-22(16-14-21)28(8-3,9-4)10-5/h8-9,13-16,18,20H,3-4,6-7,10-12,17,19H2,1-2,5H3. The van der Waals surface area contributed by atoms with E-state index >= 15 is 0 Å². The molecule has 28 heavy (non-hydrogen) atoms. The Bertz CT molecular complexity index is 589. The van der Waals surface area contributed by atoms with Crippen molar-refractivity contribution in [3.05, 3.63) is 61.0 Å². The Kier molecular flexibility index (Phi) is 11.7. The highest BCUT2D eigenvalue weighted by Crippen LogP contribution is 2.14. The lowest BCUT2D eigenvalue weighted by Crippen LogP contribution is -2.43. The van der Waals surface area contributed by atoms with Crippen molar-refractivity contribution >= 4 is 19.2 Å². The molecule has 0 aliphatic carbocycles. The van der Waals surface area contributed by atoms with Crippen molar-refractivity contribution < 1.29 is 19.3 Å². The summed E-state index contributed by atoms with van der Waals surface area (Å²) in [5.74, 6) is 0.0393. The highest BCUT2D eigenvalue weighted by Gasteiger charge is 2.26. The Morgan fingerprint density at radius 1 is 1.14 bits per heavy atom. The molecule has 4 nitrogen and oxygen atoms in total. The number of rotatable bonds is 15. The van der Waals surface area contributed by atoms with Gasteiger partial charge in [-0.1, -0.05) is 68.8 Å². The van der Waals surface area contributed by atoms with Crippen LogP contribution in [0.25, 0.3) is 0 Å². The van der Waals surface area contributed by atoms with Crippen LogP contribution in [0.4, 0.5) is 0 Å². The maximum Gasteiger partial charge on any atom is 0.373 e. The zero-order chi connectivity index (χ0) is 20.8. The third-order valence-corrected chi connectivity index (χ3v) is 9.28. The summed E-state index contributed by atoms with van der Waals surface area (Å²) in [6, 6.07) is 8.38.